The van der Waals surface area contributed by atoms with Gasteiger partial charge in [-0.2, -0.15) is 4.89 Å². The molecular formula is C7H8O6P2+2. The molecule has 8 heteroatoms. The highest BCUT2D eigenvalue weighted by Gasteiger charge is 2.58. The molecular weight excluding hydrogens is 242 g/mol. The lowest BCUT2D eigenvalue weighted by Gasteiger charge is -2.06. The van der Waals surface area contributed by atoms with Crippen molar-refractivity contribution in [2.75, 3.05) is 0 Å². The van der Waals surface area contributed by atoms with Crippen LogP contribution in [0.5, 0.6) is 0 Å². The maximum atomic E-state index is 10.9. The molecule has 0 saturated heterocycles. The molecule has 15 heavy (non-hydrogen) atoms. The smallest absolute Gasteiger partial charge is 0.317 e. The largest absolute Gasteiger partial charge is 0.702 e. The minimum atomic E-state index is -3.22. The van der Waals surface area contributed by atoms with Crippen molar-refractivity contribution in [1.29, 1.82) is 0 Å². The highest BCUT2D eigenvalue weighted by molar-refractivity contribution is 7.40. The van der Waals surface area contributed by atoms with Crippen molar-refractivity contribution in [3.05, 3.63) is 35.9 Å². The molecule has 0 heterocycles. The Kier molecular flexibility index (Phi) is 3.99. The molecule has 1 aromatic rings. The normalized spacial score (nSPS) is 16.7. The number of hydrogen-bond acceptors (Lipinski definition) is 4. The average Bonchev–Trinajstić information content (AvgIpc) is 2.17. The van der Waals surface area contributed by atoms with Crippen molar-refractivity contribution >= 4 is 16.3 Å². The fourth-order valence-electron chi connectivity index (χ4n) is 0.962. The van der Waals surface area contributed by atoms with Crippen LogP contribution in [0, 0.1) is 0 Å². The monoisotopic (exact) mass is 250 g/mol. The molecule has 3 N–H and O–H groups in total. The highest BCUT2D eigenvalue weighted by atomic mass is 31.1. The van der Waals surface area contributed by atoms with Gasteiger partial charge < -0.3 is 5.11 Å². The molecule has 0 aromatic heterocycles. The second kappa shape index (κ2) is 4.86. The zero-order chi connectivity index (χ0) is 11.5. The molecule has 0 radical (unpaired) electrons. The van der Waals surface area contributed by atoms with Gasteiger partial charge >= 0.3 is 21.8 Å². The first-order valence-electron chi connectivity index (χ1n) is 3.76. The van der Waals surface area contributed by atoms with Gasteiger partial charge in [0.15, 0.2) is 0 Å². The standard InChI is InChI=1S/C7H6O6P2/c8-7(14(9)10,13-15(11)12)6-4-2-1-3-5-6/h1-5,8H/p+2. The molecule has 0 bridgehead atoms. The van der Waals surface area contributed by atoms with E-state index in [0.717, 1.165) is 0 Å². The van der Waals surface area contributed by atoms with Crippen LogP contribution in [0.2, 0.25) is 0 Å². The Morgan fingerprint density at radius 1 is 1.13 bits per heavy atom. The molecule has 0 amide bonds. The van der Waals surface area contributed by atoms with Crippen molar-refractivity contribution in [2.24, 2.45) is 0 Å². The van der Waals surface area contributed by atoms with Gasteiger partial charge in [-0.25, -0.2) is 0 Å². The van der Waals surface area contributed by atoms with Gasteiger partial charge in [-0.1, -0.05) is 18.2 Å². The molecule has 3 unspecified atom stereocenters. The van der Waals surface area contributed by atoms with Gasteiger partial charge in [0.25, 0.3) is 0 Å². The molecule has 0 fully saturated rings. The second-order valence-corrected chi connectivity index (χ2v) is 4.39. The van der Waals surface area contributed by atoms with Gasteiger partial charge in [0.05, 0.1) is 5.56 Å². The van der Waals surface area contributed by atoms with E-state index in [9.17, 15) is 14.2 Å². The summed E-state index contributed by atoms with van der Waals surface area (Å²) < 4.78 is 25.5. The van der Waals surface area contributed by atoms with Crippen LogP contribution in [0.15, 0.2) is 30.3 Å². The third-order valence-electron chi connectivity index (χ3n) is 1.61. The van der Waals surface area contributed by atoms with Crippen LogP contribution in [0.25, 0.3) is 0 Å². The topological polar surface area (TPSA) is 104 Å². The van der Waals surface area contributed by atoms with Crippen LogP contribution in [-0.2, 0) is 19.2 Å². The number of rotatable bonds is 4. The average molecular weight is 250 g/mol. The van der Waals surface area contributed by atoms with E-state index in [-0.39, 0.29) is 5.56 Å². The first-order valence-corrected chi connectivity index (χ1v) is 6.10. The van der Waals surface area contributed by atoms with Crippen LogP contribution >= 0.6 is 16.3 Å². The van der Waals surface area contributed by atoms with Gasteiger partial charge in [-0.3, -0.25) is 0 Å². The summed E-state index contributed by atoms with van der Waals surface area (Å²) in [6.07, 6.45) is 0. The third-order valence-corrected chi connectivity index (χ3v) is 3.05. The predicted octanol–water partition coefficient (Wildman–Crippen LogP) is 1.19. The predicted molar refractivity (Wildman–Crippen MR) is 51.1 cm³/mol. The molecule has 0 aliphatic rings. The van der Waals surface area contributed by atoms with Crippen LogP contribution in [0.3, 0.4) is 0 Å². The Morgan fingerprint density at radius 2 is 1.67 bits per heavy atom. The van der Waals surface area contributed by atoms with Gasteiger partial charge in [-0.15, -0.1) is 4.89 Å². The first kappa shape index (κ1) is 12.3. The lowest BCUT2D eigenvalue weighted by atomic mass is 10.2. The fourth-order valence-corrected chi connectivity index (χ4v) is 2.14. The minimum Gasteiger partial charge on any atom is -0.317 e. The van der Waals surface area contributed by atoms with Crippen molar-refractivity contribution in [1.82, 2.24) is 0 Å². The highest BCUT2D eigenvalue weighted by Crippen LogP contribution is 2.47. The molecule has 6 nitrogen and oxygen atoms in total. The molecule has 1 aromatic carbocycles. The summed E-state index contributed by atoms with van der Waals surface area (Å²) in [6.45, 7) is 0. The van der Waals surface area contributed by atoms with E-state index in [2.05, 4.69) is 4.52 Å². The zero-order valence-electron chi connectivity index (χ0n) is 7.35. The van der Waals surface area contributed by atoms with Gasteiger partial charge in [-0.05, 0) is 21.2 Å². The van der Waals surface area contributed by atoms with E-state index < -0.39 is 21.8 Å². The summed E-state index contributed by atoms with van der Waals surface area (Å²) in [4.78, 5) is 17.4. The summed E-state index contributed by atoms with van der Waals surface area (Å²) in [7, 11) is -6.40. The molecule has 80 valence electrons. The fraction of sp³-hybridized carbons (Fsp3) is 0.143. The van der Waals surface area contributed by atoms with E-state index in [1.54, 1.807) is 6.07 Å². The molecule has 0 spiro atoms. The summed E-state index contributed by atoms with van der Waals surface area (Å²) in [5.41, 5.74) is -2.72. The Balaban J connectivity index is 3.13. The van der Waals surface area contributed by atoms with E-state index in [4.69, 9.17) is 9.79 Å². The lowest BCUT2D eigenvalue weighted by molar-refractivity contribution is -0.0741. The summed E-state index contributed by atoms with van der Waals surface area (Å²) >= 11 is 0. The van der Waals surface area contributed by atoms with Gasteiger partial charge in [0.2, 0.25) is 0 Å². The van der Waals surface area contributed by atoms with Crippen LogP contribution in [0.4, 0.5) is 0 Å². The maximum absolute atomic E-state index is 10.9. The van der Waals surface area contributed by atoms with E-state index in [1.165, 1.54) is 24.3 Å². The molecule has 0 aliphatic carbocycles. The van der Waals surface area contributed by atoms with Crippen LogP contribution in [0.1, 0.15) is 5.56 Å². The second-order valence-electron chi connectivity index (χ2n) is 2.58. The zero-order valence-corrected chi connectivity index (χ0v) is 9.14. The summed E-state index contributed by atoms with van der Waals surface area (Å²) in [5.74, 6) is 0. The van der Waals surface area contributed by atoms with Crippen molar-refractivity contribution in [3.63, 3.8) is 0 Å². The minimum absolute atomic E-state index is 0.0639. The molecule has 0 saturated carbocycles. The maximum Gasteiger partial charge on any atom is 0.702 e. The quantitative estimate of drug-likeness (QED) is 0.547. The Morgan fingerprint density at radius 3 is 2.07 bits per heavy atom. The van der Waals surface area contributed by atoms with Gasteiger partial charge in [0.1, 0.15) is 0 Å². The van der Waals surface area contributed by atoms with Crippen LogP contribution in [-0.4, -0.2) is 14.9 Å². The Bertz CT molecular complexity index is 380. The van der Waals surface area contributed by atoms with E-state index in [1.807, 2.05) is 0 Å². The number of hydrogen-bond donors (Lipinski definition) is 3. The van der Waals surface area contributed by atoms with Crippen molar-refractivity contribution in [2.45, 2.75) is 5.53 Å². The van der Waals surface area contributed by atoms with Crippen molar-refractivity contribution in [3.8, 4) is 0 Å². The molecule has 3 atom stereocenters. The van der Waals surface area contributed by atoms with Gasteiger partial charge in [0, 0.05) is 4.57 Å². The summed E-state index contributed by atoms with van der Waals surface area (Å²) in [6, 6.07) is 7.22. The Labute approximate surface area is 87.0 Å². The van der Waals surface area contributed by atoms with Crippen molar-refractivity contribution < 1.29 is 28.5 Å². The lowest BCUT2D eigenvalue weighted by Crippen LogP contribution is -2.22. The first-order chi connectivity index (χ1) is 6.97. The third kappa shape index (κ3) is 2.86. The summed E-state index contributed by atoms with van der Waals surface area (Å²) in [5, 5.41) is 9.63. The number of benzene rings is 1. The van der Waals surface area contributed by atoms with Crippen LogP contribution < -0.4 is 0 Å². The number of aliphatic hydroxyl groups is 1. The van der Waals surface area contributed by atoms with E-state index >= 15 is 0 Å². The Hall–Kier alpha value is -0.740. The van der Waals surface area contributed by atoms with E-state index in [0.29, 0.717) is 0 Å². The molecule has 1 rings (SSSR count). The SMILES string of the molecule is O=[P+](O)OC(O)(c1ccccc1)[P+](=O)O. The molecule has 0 aliphatic heterocycles.